The van der Waals surface area contributed by atoms with Gasteiger partial charge in [-0.25, -0.2) is 4.98 Å². The first-order chi connectivity index (χ1) is 13.7. The lowest BCUT2D eigenvalue weighted by atomic mass is 9.98. The van der Waals surface area contributed by atoms with Crippen LogP contribution in [0.1, 0.15) is 25.0 Å². The Morgan fingerprint density at radius 3 is 2.48 bits per heavy atom. The van der Waals surface area contributed by atoms with Crippen LogP contribution in [0.4, 0.5) is 0 Å². The van der Waals surface area contributed by atoms with Gasteiger partial charge in [-0.15, -0.1) is 24.0 Å². The average Bonchev–Trinajstić information content (AvgIpc) is 3.22. The van der Waals surface area contributed by atoms with Crippen molar-refractivity contribution in [3.05, 3.63) is 78.4 Å². The number of benzene rings is 2. The van der Waals surface area contributed by atoms with E-state index in [1.165, 1.54) is 22.3 Å². The van der Waals surface area contributed by atoms with Crippen molar-refractivity contribution in [2.75, 3.05) is 13.6 Å². The zero-order valence-electron chi connectivity index (χ0n) is 17.3. The fourth-order valence-corrected chi connectivity index (χ4v) is 3.04. The van der Waals surface area contributed by atoms with Crippen molar-refractivity contribution in [1.29, 1.82) is 0 Å². The van der Waals surface area contributed by atoms with Crippen molar-refractivity contribution in [3.8, 4) is 11.1 Å². The Hall–Kier alpha value is -2.35. The van der Waals surface area contributed by atoms with Crippen LogP contribution in [0.15, 0.2) is 72.2 Å². The van der Waals surface area contributed by atoms with Gasteiger partial charge in [0.1, 0.15) is 0 Å². The summed E-state index contributed by atoms with van der Waals surface area (Å²) >= 11 is 0. The van der Waals surface area contributed by atoms with E-state index in [-0.39, 0.29) is 24.0 Å². The summed E-state index contributed by atoms with van der Waals surface area (Å²) in [6.45, 7) is 6.84. The molecule has 0 bridgehead atoms. The predicted octanol–water partition coefficient (Wildman–Crippen LogP) is 4.54. The summed E-state index contributed by atoms with van der Waals surface area (Å²) in [5, 5.41) is 6.78. The lowest BCUT2D eigenvalue weighted by Crippen LogP contribution is -2.38. The summed E-state index contributed by atoms with van der Waals surface area (Å²) < 4.78 is 2.07. The van der Waals surface area contributed by atoms with E-state index in [4.69, 9.17) is 0 Å². The van der Waals surface area contributed by atoms with Crippen molar-refractivity contribution >= 4 is 29.9 Å². The normalized spacial score (nSPS) is 11.2. The second-order valence-electron chi connectivity index (χ2n) is 7.29. The van der Waals surface area contributed by atoms with Crippen molar-refractivity contribution in [3.63, 3.8) is 0 Å². The molecule has 5 nitrogen and oxygen atoms in total. The minimum absolute atomic E-state index is 0. The molecule has 3 aromatic rings. The molecule has 0 spiro atoms. The Bertz CT molecular complexity index is 886. The van der Waals surface area contributed by atoms with Crippen LogP contribution in [0, 0.1) is 5.92 Å². The van der Waals surface area contributed by atoms with Crippen LogP contribution < -0.4 is 10.6 Å². The van der Waals surface area contributed by atoms with Crippen LogP contribution in [-0.4, -0.2) is 29.1 Å². The molecule has 0 aliphatic rings. The summed E-state index contributed by atoms with van der Waals surface area (Å²) in [5.41, 5.74) is 4.97. The Morgan fingerprint density at radius 1 is 1.07 bits per heavy atom. The fraction of sp³-hybridized carbons (Fsp3) is 0.304. The highest BCUT2D eigenvalue weighted by Gasteiger charge is 2.06. The molecule has 0 atom stereocenters. The molecule has 0 saturated carbocycles. The van der Waals surface area contributed by atoms with E-state index in [9.17, 15) is 0 Å². The molecule has 29 heavy (non-hydrogen) atoms. The van der Waals surface area contributed by atoms with Gasteiger partial charge in [0, 0.05) is 39.1 Å². The standard InChI is InChI=1S/C23H29N5.HI/c1-18(2)14-26-23(24-3)27-15-21-6-4-5-7-22(21)20-10-8-19(9-11-20)16-28-13-12-25-17-28;/h4-13,17-18H,14-16H2,1-3H3,(H2,24,26,27);1H. The Morgan fingerprint density at radius 2 is 1.83 bits per heavy atom. The number of rotatable bonds is 7. The van der Waals surface area contributed by atoms with Crippen LogP contribution in [-0.2, 0) is 13.1 Å². The number of nitrogens with one attached hydrogen (secondary N) is 2. The van der Waals surface area contributed by atoms with Crippen LogP contribution in [0.25, 0.3) is 11.1 Å². The van der Waals surface area contributed by atoms with Crippen molar-refractivity contribution in [2.24, 2.45) is 10.9 Å². The molecule has 6 heteroatoms. The monoisotopic (exact) mass is 503 g/mol. The van der Waals surface area contributed by atoms with E-state index in [1.807, 2.05) is 18.7 Å². The number of halogens is 1. The summed E-state index contributed by atoms with van der Waals surface area (Å²) in [6.07, 6.45) is 5.63. The van der Waals surface area contributed by atoms with Crippen LogP contribution in [0.2, 0.25) is 0 Å². The van der Waals surface area contributed by atoms with Gasteiger partial charge in [0.15, 0.2) is 5.96 Å². The van der Waals surface area contributed by atoms with Crippen molar-refractivity contribution in [2.45, 2.75) is 26.9 Å². The van der Waals surface area contributed by atoms with Gasteiger partial charge in [-0.05, 0) is 28.2 Å². The first kappa shape index (κ1) is 22.9. The summed E-state index contributed by atoms with van der Waals surface area (Å²) in [6, 6.07) is 17.3. The highest BCUT2D eigenvalue weighted by atomic mass is 127. The van der Waals surface area contributed by atoms with Crippen LogP contribution in [0.3, 0.4) is 0 Å². The van der Waals surface area contributed by atoms with Crippen molar-refractivity contribution < 1.29 is 0 Å². The summed E-state index contributed by atoms with van der Waals surface area (Å²) in [7, 11) is 1.81. The number of hydrogen-bond acceptors (Lipinski definition) is 2. The Balaban J connectivity index is 0.00000300. The molecular weight excluding hydrogens is 473 g/mol. The molecule has 2 aromatic carbocycles. The highest BCUT2D eigenvalue weighted by Crippen LogP contribution is 2.24. The van der Waals surface area contributed by atoms with Gasteiger partial charge in [-0.2, -0.15) is 0 Å². The second-order valence-corrected chi connectivity index (χ2v) is 7.29. The molecule has 0 fully saturated rings. The number of nitrogens with zero attached hydrogens (tertiary/aromatic N) is 3. The SMILES string of the molecule is CN=C(NCc1ccccc1-c1ccc(Cn2ccnc2)cc1)NCC(C)C.I. The fourth-order valence-electron chi connectivity index (χ4n) is 3.04. The molecule has 2 N–H and O–H groups in total. The molecule has 154 valence electrons. The maximum atomic E-state index is 4.31. The van der Waals surface area contributed by atoms with Crippen LogP contribution in [0.5, 0.6) is 0 Å². The van der Waals surface area contributed by atoms with Gasteiger partial charge < -0.3 is 15.2 Å². The first-order valence-corrected chi connectivity index (χ1v) is 9.73. The molecule has 0 saturated heterocycles. The lowest BCUT2D eigenvalue weighted by Gasteiger charge is -2.15. The van der Waals surface area contributed by atoms with Gasteiger partial charge in [0.2, 0.25) is 0 Å². The average molecular weight is 503 g/mol. The third-order valence-corrected chi connectivity index (χ3v) is 4.55. The molecule has 3 rings (SSSR count). The maximum absolute atomic E-state index is 4.31. The quantitative estimate of drug-likeness (QED) is 0.283. The molecule has 0 unspecified atom stereocenters. The van der Waals surface area contributed by atoms with Gasteiger partial charge in [0.05, 0.1) is 6.33 Å². The predicted molar refractivity (Wildman–Crippen MR) is 132 cm³/mol. The summed E-state index contributed by atoms with van der Waals surface area (Å²) in [5.74, 6) is 1.41. The number of aliphatic imine (C=N–C) groups is 1. The molecular formula is C23H30IN5. The zero-order chi connectivity index (χ0) is 19.8. The van der Waals surface area contributed by atoms with Crippen molar-refractivity contribution in [1.82, 2.24) is 20.2 Å². The molecule has 0 aliphatic heterocycles. The van der Waals surface area contributed by atoms with Crippen LogP contribution >= 0.6 is 24.0 Å². The van der Waals surface area contributed by atoms with Gasteiger partial charge >= 0.3 is 0 Å². The minimum atomic E-state index is 0. The zero-order valence-corrected chi connectivity index (χ0v) is 19.6. The number of imidazole rings is 1. The Kier molecular flexibility index (Phi) is 9.18. The number of aromatic nitrogens is 2. The second kappa shape index (κ2) is 11.6. The van der Waals surface area contributed by atoms with Gasteiger partial charge in [-0.3, -0.25) is 4.99 Å². The maximum Gasteiger partial charge on any atom is 0.191 e. The van der Waals surface area contributed by atoms with E-state index in [0.717, 1.165) is 25.6 Å². The topological polar surface area (TPSA) is 54.2 Å². The Labute approximate surface area is 190 Å². The molecule has 1 heterocycles. The smallest absolute Gasteiger partial charge is 0.191 e. The van der Waals surface area contributed by atoms with Gasteiger partial charge in [0.25, 0.3) is 0 Å². The summed E-state index contributed by atoms with van der Waals surface area (Å²) in [4.78, 5) is 8.41. The van der Waals surface area contributed by atoms with E-state index in [2.05, 4.69) is 87.6 Å². The molecule has 1 aromatic heterocycles. The number of guanidine groups is 1. The molecule has 0 aliphatic carbocycles. The van der Waals surface area contributed by atoms with E-state index < -0.39 is 0 Å². The third-order valence-electron chi connectivity index (χ3n) is 4.55. The minimum Gasteiger partial charge on any atom is -0.356 e. The van der Waals surface area contributed by atoms with E-state index in [1.54, 1.807) is 7.05 Å². The number of hydrogen-bond donors (Lipinski definition) is 2. The highest BCUT2D eigenvalue weighted by molar-refractivity contribution is 14.0. The van der Waals surface area contributed by atoms with E-state index >= 15 is 0 Å². The third kappa shape index (κ3) is 6.88. The van der Waals surface area contributed by atoms with Gasteiger partial charge in [-0.1, -0.05) is 62.4 Å². The molecule has 0 radical (unpaired) electrons. The molecule has 0 amide bonds. The lowest BCUT2D eigenvalue weighted by molar-refractivity contribution is 0.614. The van der Waals surface area contributed by atoms with E-state index in [0.29, 0.717) is 5.92 Å². The first-order valence-electron chi connectivity index (χ1n) is 9.73. The largest absolute Gasteiger partial charge is 0.356 e.